The van der Waals surface area contributed by atoms with E-state index in [9.17, 15) is 8.42 Å². The number of halogens is 1. The van der Waals surface area contributed by atoms with Gasteiger partial charge in [-0.1, -0.05) is 18.5 Å². The Balaban J connectivity index is 2.28. The number of anilines is 1. The second-order valence-corrected chi connectivity index (χ2v) is 8.82. The van der Waals surface area contributed by atoms with E-state index in [-0.39, 0.29) is 16.6 Å². The number of hydrogen-bond acceptors (Lipinski definition) is 5. The average molecular weight is 361 g/mol. The predicted octanol–water partition coefficient (Wildman–Crippen LogP) is 2.19. The van der Waals surface area contributed by atoms with Gasteiger partial charge in [-0.3, -0.25) is 4.72 Å². The molecular formula is C14H22BClN2O4S. The van der Waals surface area contributed by atoms with E-state index in [1.54, 1.807) is 13.0 Å². The summed E-state index contributed by atoms with van der Waals surface area (Å²) in [4.78, 5) is 4.04. The highest BCUT2D eigenvalue weighted by Crippen LogP contribution is 2.36. The minimum Gasteiger partial charge on any atom is -0.399 e. The Kier molecular flexibility index (Phi) is 5.02. The summed E-state index contributed by atoms with van der Waals surface area (Å²) < 4.78 is 38.2. The Labute approximate surface area is 143 Å². The van der Waals surface area contributed by atoms with Gasteiger partial charge in [0, 0.05) is 11.7 Å². The van der Waals surface area contributed by atoms with Gasteiger partial charge >= 0.3 is 7.12 Å². The maximum atomic E-state index is 11.9. The van der Waals surface area contributed by atoms with Crippen molar-refractivity contribution in [1.82, 2.24) is 4.98 Å². The highest BCUT2D eigenvalue weighted by atomic mass is 35.5. The molecule has 1 saturated heterocycles. The largest absolute Gasteiger partial charge is 0.496 e. The minimum absolute atomic E-state index is 0.0179. The molecule has 0 amide bonds. The van der Waals surface area contributed by atoms with Crippen molar-refractivity contribution in [2.75, 3.05) is 10.5 Å². The molecule has 0 aliphatic carbocycles. The van der Waals surface area contributed by atoms with Crippen molar-refractivity contribution in [3.05, 3.63) is 17.4 Å². The summed E-state index contributed by atoms with van der Waals surface area (Å²) in [6, 6.07) is 1.60. The van der Waals surface area contributed by atoms with Crippen LogP contribution in [0.5, 0.6) is 0 Å². The van der Waals surface area contributed by atoms with Gasteiger partial charge in [-0.25, -0.2) is 13.4 Å². The third-order valence-electron chi connectivity index (χ3n) is 4.12. The maximum absolute atomic E-state index is 11.9. The highest BCUT2D eigenvalue weighted by molar-refractivity contribution is 7.92. The van der Waals surface area contributed by atoms with E-state index in [0.29, 0.717) is 11.9 Å². The molecule has 0 spiro atoms. The molecule has 0 saturated carbocycles. The molecule has 1 aromatic rings. The molecule has 0 radical (unpaired) electrons. The third-order valence-corrected chi connectivity index (χ3v) is 5.90. The van der Waals surface area contributed by atoms with Gasteiger partial charge in [0.15, 0.2) is 5.15 Å². The third kappa shape index (κ3) is 3.99. The van der Waals surface area contributed by atoms with Gasteiger partial charge in [-0.05, 0) is 40.2 Å². The first kappa shape index (κ1) is 18.5. The maximum Gasteiger partial charge on any atom is 0.496 e. The van der Waals surface area contributed by atoms with Gasteiger partial charge in [-0.15, -0.1) is 0 Å². The van der Waals surface area contributed by atoms with E-state index in [0.717, 1.165) is 0 Å². The van der Waals surface area contributed by atoms with E-state index >= 15 is 0 Å². The molecule has 2 rings (SSSR count). The monoisotopic (exact) mass is 360 g/mol. The lowest BCUT2D eigenvalue weighted by Crippen LogP contribution is -2.41. The van der Waals surface area contributed by atoms with Crippen molar-refractivity contribution in [3.63, 3.8) is 0 Å². The zero-order valence-corrected chi connectivity index (χ0v) is 15.6. The van der Waals surface area contributed by atoms with Gasteiger partial charge in [0.05, 0.1) is 22.6 Å². The fourth-order valence-corrected chi connectivity index (χ4v) is 3.47. The van der Waals surface area contributed by atoms with Gasteiger partial charge < -0.3 is 9.31 Å². The molecule has 0 aromatic carbocycles. The summed E-state index contributed by atoms with van der Waals surface area (Å²) >= 11 is 6.00. The van der Waals surface area contributed by atoms with Gasteiger partial charge in [-0.2, -0.15) is 0 Å². The molecule has 0 bridgehead atoms. The molecular weight excluding hydrogens is 338 g/mol. The Morgan fingerprint density at radius 2 is 1.83 bits per heavy atom. The van der Waals surface area contributed by atoms with E-state index < -0.39 is 28.3 Å². The Morgan fingerprint density at radius 3 is 2.35 bits per heavy atom. The lowest BCUT2D eigenvalue weighted by Gasteiger charge is -2.32. The fraction of sp³-hybridized carbons (Fsp3) is 0.643. The van der Waals surface area contributed by atoms with E-state index in [4.69, 9.17) is 20.9 Å². The van der Waals surface area contributed by atoms with Crippen LogP contribution in [0.3, 0.4) is 0 Å². The zero-order valence-electron chi connectivity index (χ0n) is 14.0. The summed E-state index contributed by atoms with van der Waals surface area (Å²) in [7, 11) is -4.07. The van der Waals surface area contributed by atoms with Crippen LogP contribution in [0.4, 0.5) is 5.69 Å². The second kappa shape index (κ2) is 6.24. The normalized spacial score (nSPS) is 19.8. The molecule has 1 aliphatic rings. The number of aromatic nitrogens is 1. The van der Waals surface area contributed by atoms with Crippen molar-refractivity contribution < 1.29 is 17.7 Å². The van der Waals surface area contributed by atoms with Crippen LogP contribution in [0.25, 0.3) is 0 Å². The predicted molar refractivity (Wildman–Crippen MR) is 92.7 cm³/mol. The van der Waals surface area contributed by atoms with E-state index in [1.165, 1.54) is 6.20 Å². The molecule has 23 heavy (non-hydrogen) atoms. The summed E-state index contributed by atoms with van der Waals surface area (Å²) in [6.45, 7) is 9.57. The molecule has 0 atom stereocenters. The van der Waals surface area contributed by atoms with Crippen LogP contribution in [0.1, 0.15) is 41.0 Å². The van der Waals surface area contributed by atoms with Gasteiger partial charge in [0.25, 0.3) is 0 Å². The Morgan fingerprint density at radius 1 is 1.26 bits per heavy atom. The number of nitrogens with zero attached hydrogens (tertiary/aromatic N) is 1. The van der Waals surface area contributed by atoms with Crippen LogP contribution in [0.15, 0.2) is 12.3 Å². The van der Waals surface area contributed by atoms with Crippen LogP contribution >= 0.6 is 11.6 Å². The minimum atomic E-state index is -3.45. The molecule has 6 nitrogen and oxygen atoms in total. The molecule has 0 unspecified atom stereocenters. The quantitative estimate of drug-likeness (QED) is 0.643. The number of nitrogens with one attached hydrogen (secondary N) is 1. The van der Waals surface area contributed by atoms with Crippen LogP contribution in [-0.4, -0.2) is 37.5 Å². The number of pyridine rings is 1. The number of sulfonamides is 1. The number of rotatable bonds is 5. The molecule has 1 fully saturated rings. The van der Waals surface area contributed by atoms with Crippen LogP contribution in [0, 0.1) is 0 Å². The van der Waals surface area contributed by atoms with E-state index in [1.807, 2.05) is 27.7 Å². The molecule has 1 aromatic heterocycles. The second-order valence-electron chi connectivity index (χ2n) is 6.62. The lowest BCUT2D eigenvalue weighted by molar-refractivity contribution is 0.00578. The molecule has 2 heterocycles. The first-order chi connectivity index (χ1) is 10.5. The summed E-state index contributed by atoms with van der Waals surface area (Å²) in [5.74, 6) is 0.0179. The van der Waals surface area contributed by atoms with Crippen molar-refractivity contribution in [2.24, 2.45) is 0 Å². The van der Waals surface area contributed by atoms with Crippen molar-refractivity contribution in [2.45, 2.75) is 52.2 Å². The van der Waals surface area contributed by atoms with E-state index in [2.05, 4.69) is 9.71 Å². The molecule has 1 aliphatic heterocycles. The standard InChI is InChI=1S/C14H22BClN2O4S/c1-6-7-23(19,20)18-11-8-10(9-17-12(11)16)15-21-13(2,3)14(4,5)22-15/h8-9,18H,6-7H2,1-5H3. The SMILES string of the molecule is CCCS(=O)(=O)Nc1cc(B2OC(C)(C)C(C)(C)O2)cnc1Cl. The van der Waals surface area contributed by atoms with Gasteiger partial charge in [0.1, 0.15) is 0 Å². The van der Waals surface area contributed by atoms with Crippen molar-refractivity contribution in [1.29, 1.82) is 0 Å². The zero-order chi connectivity index (χ0) is 17.5. The smallest absolute Gasteiger partial charge is 0.399 e. The summed E-state index contributed by atoms with van der Waals surface area (Å²) in [6.07, 6.45) is 2.04. The highest BCUT2D eigenvalue weighted by Gasteiger charge is 2.51. The van der Waals surface area contributed by atoms with Crippen LogP contribution in [0.2, 0.25) is 5.15 Å². The fourth-order valence-electron chi connectivity index (χ4n) is 2.13. The lowest BCUT2D eigenvalue weighted by atomic mass is 9.80. The van der Waals surface area contributed by atoms with Crippen LogP contribution < -0.4 is 10.2 Å². The Hall–Kier alpha value is -0.825. The first-order valence-corrected chi connectivity index (χ1v) is 9.52. The van der Waals surface area contributed by atoms with Gasteiger partial charge in [0.2, 0.25) is 10.0 Å². The van der Waals surface area contributed by atoms with Crippen molar-refractivity contribution >= 4 is 39.9 Å². The molecule has 128 valence electrons. The topological polar surface area (TPSA) is 77.5 Å². The average Bonchev–Trinajstić information content (AvgIpc) is 2.60. The van der Waals surface area contributed by atoms with Crippen molar-refractivity contribution in [3.8, 4) is 0 Å². The summed E-state index contributed by atoms with van der Waals surface area (Å²) in [5.41, 5.74) is -0.132. The molecule has 9 heteroatoms. The Bertz CT molecular complexity index is 678. The van der Waals surface area contributed by atoms with Crippen LogP contribution in [-0.2, 0) is 19.3 Å². The first-order valence-electron chi connectivity index (χ1n) is 7.49. The summed E-state index contributed by atoms with van der Waals surface area (Å²) in [5, 5.41) is 0.0879. The molecule has 1 N–H and O–H groups in total. The number of hydrogen-bond donors (Lipinski definition) is 1.